The van der Waals surface area contributed by atoms with E-state index in [9.17, 15) is 0 Å². The zero-order chi connectivity index (χ0) is 13.1. The van der Waals surface area contributed by atoms with Crippen molar-refractivity contribution in [1.82, 2.24) is 0 Å². The molecule has 0 aromatic carbocycles. The third-order valence-electron chi connectivity index (χ3n) is 3.90. The Kier molecular flexibility index (Phi) is 4.59. The Morgan fingerprint density at radius 3 is 2.18 bits per heavy atom. The van der Waals surface area contributed by atoms with Crippen LogP contribution in [-0.4, -0.2) is 25.1 Å². The predicted octanol–water partition coefficient (Wildman–Crippen LogP) is 2.99. The molecule has 0 amide bonds. The van der Waals surface area contributed by atoms with Gasteiger partial charge in [-0.15, -0.1) is 0 Å². The second kappa shape index (κ2) is 5.38. The molecule has 1 aliphatic carbocycles. The van der Waals surface area contributed by atoms with E-state index in [1.54, 1.807) is 7.11 Å². The SMILES string of the molecule is COC1(C(N)=NCC(C)C)CCC(C)(C)CC1. The van der Waals surface area contributed by atoms with E-state index in [4.69, 9.17) is 10.5 Å². The van der Waals surface area contributed by atoms with Gasteiger partial charge in [0, 0.05) is 13.7 Å². The van der Waals surface area contributed by atoms with Gasteiger partial charge in [-0.3, -0.25) is 4.99 Å². The van der Waals surface area contributed by atoms with Gasteiger partial charge in [-0.05, 0) is 37.0 Å². The summed E-state index contributed by atoms with van der Waals surface area (Å²) in [7, 11) is 1.76. The highest BCUT2D eigenvalue weighted by molar-refractivity contribution is 5.89. The maximum absolute atomic E-state index is 6.16. The van der Waals surface area contributed by atoms with Crippen LogP contribution in [0, 0.1) is 11.3 Å². The molecule has 100 valence electrons. The Bertz CT molecular complexity index is 272. The minimum atomic E-state index is -0.301. The smallest absolute Gasteiger partial charge is 0.126 e. The Balaban J connectivity index is 2.73. The van der Waals surface area contributed by atoms with Crippen LogP contribution in [0.15, 0.2) is 4.99 Å². The van der Waals surface area contributed by atoms with Gasteiger partial charge in [0.15, 0.2) is 0 Å². The first kappa shape index (κ1) is 14.5. The lowest BCUT2D eigenvalue weighted by Gasteiger charge is -2.42. The van der Waals surface area contributed by atoms with Crippen LogP contribution in [0.25, 0.3) is 0 Å². The van der Waals surface area contributed by atoms with Crippen molar-refractivity contribution in [1.29, 1.82) is 0 Å². The van der Waals surface area contributed by atoms with Crippen molar-refractivity contribution in [2.24, 2.45) is 22.1 Å². The molecule has 2 N–H and O–H groups in total. The van der Waals surface area contributed by atoms with Crippen molar-refractivity contribution in [2.45, 2.75) is 59.0 Å². The van der Waals surface area contributed by atoms with Crippen molar-refractivity contribution in [3.8, 4) is 0 Å². The van der Waals surface area contributed by atoms with Gasteiger partial charge in [0.25, 0.3) is 0 Å². The van der Waals surface area contributed by atoms with Gasteiger partial charge >= 0.3 is 0 Å². The third-order valence-corrected chi connectivity index (χ3v) is 3.90. The summed E-state index contributed by atoms with van der Waals surface area (Å²) in [6, 6.07) is 0. The van der Waals surface area contributed by atoms with Gasteiger partial charge in [0.2, 0.25) is 0 Å². The van der Waals surface area contributed by atoms with Crippen LogP contribution in [0.1, 0.15) is 53.4 Å². The van der Waals surface area contributed by atoms with E-state index in [-0.39, 0.29) is 5.60 Å². The second-order valence-electron chi connectivity index (χ2n) is 6.48. The molecule has 17 heavy (non-hydrogen) atoms. The molecular formula is C14H28N2O. The van der Waals surface area contributed by atoms with Crippen molar-refractivity contribution >= 4 is 5.84 Å². The van der Waals surface area contributed by atoms with Gasteiger partial charge in [-0.1, -0.05) is 27.7 Å². The summed E-state index contributed by atoms with van der Waals surface area (Å²) in [5.41, 5.74) is 6.27. The molecule has 0 atom stereocenters. The summed E-state index contributed by atoms with van der Waals surface area (Å²) in [6.45, 7) is 9.73. The van der Waals surface area contributed by atoms with Gasteiger partial charge in [0.1, 0.15) is 11.4 Å². The third kappa shape index (κ3) is 3.70. The lowest BCUT2D eigenvalue weighted by molar-refractivity contribution is -0.00934. The largest absolute Gasteiger partial charge is 0.385 e. The topological polar surface area (TPSA) is 47.6 Å². The average Bonchev–Trinajstić information content (AvgIpc) is 2.26. The maximum Gasteiger partial charge on any atom is 0.126 e. The molecule has 1 fully saturated rings. The van der Waals surface area contributed by atoms with Crippen LogP contribution in [-0.2, 0) is 4.74 Å². The van der Waals surface area contributed by atoms with Crippen LogP contribution in [0.4, 0.5) is 0 Å². The molecule has 0 aromatic heterocycles. The minimum absolute atomic E-state index is 0.301. The summed E-state index contributed by atoms with van der Waals surface area (Å²) in [5, 5.41) is 0. The number of ether oxygens (including phenoxy) is 1. The van der Waals surface area contributed by atoms with E-state index in [1.807, 2.05) is 0 Å². The van der Waals surface area contributed by atoms with Crippen LogP contribution < -0.4 is 5.73 Å². The molecule has 0 heterocycles. The first-order valence-corrected chi connectivity index (χ1v) is 6.67. The van der Waals surface area contributed by atoms with Crippen LogP contribution >= 0.6 is 0 Å². The number of amidine groups is 1. The second-order valence-corrected chi connectivity index (χ2v) is 6.48. The Morgan fingerprint density at radius 1 is 1.24 bits per heavy atom. The number of nitrogens with two attached hydrogens (primary N) is 1. The van der Waals surface area contributed by atoms with E-state index in [2.05, 4.69) is 32.7 Å². The number of nitrogens with zero attached hydrogens (tertiary/aromatic N) is 1. The molecule has 3 nitrogen and oxygen atoms in total. The molecule has 0 bridgehead atoms. The predicted molar refractivity (Wildman–Crippen MR) is 73.3 cm³/mol. The fourth-order valence-corrected chi connectivity index (χ4v) is 2.32. The molecular weight excluding hydrogens is 212 g/mol. The van der Waals surface area contributed by atoms with Gasteiger partial charge in [0.05, 0.1) is 0 Å². The fraction of sp³-hybridized carbons (Fsp3) is 0.929. The monoisotopic (exact) mass is 240 g/mol. The summed E-state index contributed by atoms with van der Waals surface area (Å²) in [6.07, 6.45) is 4.28. The van der Waals surface area contributed by atoms with Crippen molar-refractivity contribution in [3.05, 3.63) is 0 Å². The standard InChI is InChI=1S/C14H28N2O/c1-11(2)10-16-12(15)14(17-5)8-6-13(3,4)7-9-14/h11H,6-10H2,1-5H3,(H2,15,16). The molecule has 0 unspecified atom stereocenters. The molecule has 1 aliphatic rings. The number of methoxy groups -OCH3 is 1. The van der Waals surface area contributed by atoms with Gasteiger partial charge in [-0.2, -0.15) is 0 Å². The molecule has 0 radical (unpaired) electrons. The molecule has 1 rings (SSSR count). The first-order valence-electron chi connectivity index (χ1n) is 6.67. The molecule has 0 spiro atoms. The number of hydrogen-bond acceptors (Lipinski definition) is 2. The summed E-state index contributed by atoms with van der Waals surface area (Å²) >= 11 is 0. The zero-order valence-corrected chi connectivity index (χ0v) is 12.0. The van der Waals surface area contributed by atoms with Crippen LogP contribution in [0.3, 0.4) is 0 Å². The highest BCUT2D eigenvalue weighted by atomic mass is 16.5. The quantitative estimate of drug-likeness (QED) is 0.606. The Hall–Kier alpha value is -0.570. The minimum Gasteiger partial charge on any atom is -0.385 e. The van der Waals surface area contributed by atoms with Crippen LogP contribution in [0.5, 0.6) is 0 Å². The first-order chi connectivity index (χ1) is 7.81. The summed E-state index contributed by atoms with van der Waals surface area (Å²) < 4.78 is 5.71. The fourth-order valence-electron chi connectivity index (χ4n) is 2.32. The summed E-state index contributed by atoms with van der Waals surface area (Å²) in [5.74, 6) is 1.24. The van der Waals surface area contributed by atoms with Crippen molar-refractivity contribution in [2.75, 3.05) is 13.7 Å². The zero-order valence-electron chi connectivity index (χ0n) is 12.0. The number of aliphatic imine (C=N–C) groups is 1. The maximum atomic E-state index is 6.16. The van der Waals surface area contributed by atoms with E-state index < -0.39 is 0 Å². The molecule has 0 aromatic rings. The van der Waals surface area contributed by atoms with Crippen molar-refractivity contribution in [3.63, 3.8) is 0 Å². The number of hydrogen-bond donors (Lipinski definition) is 1. The lowest BCUT2D eigenvalue weighted by atomic mass is 9.70. The highest BCUT2D eigenvalue weighted by Crippen LogP contribution is 2.41. The van der Waals surface area contributed by atoms with E-state index in [1.165, 1.54) is 0 Å². The molecule has 0 aliphatic heterocycles. The normalized spacial score (nSPS) is 24.0. The van der Waals surface area contributed by atoms with Gasteiger partial charge < -0.3 is 10.5 Å². The van der Waals surface area contributed by atoms with Crippen LogP contribution in [0.2, 0.25) is 0 Å². The molecule has 0 saturated heterocycles. The van der Waals surface area contributed by atoms with E-state index >= 15 is 0 Å². The van der Waals surface area contributed by atoms with E-state index in [0.29, 0.717) is 17.2 Å². The summed E-state index contributed by atoms with van der Waals surface area (Å²) in [4.78, 5) is 4.51. The average molecular weight is 240 g/mol. The van der Waals surface area contributed by atoms with E-state index in [0.717, 1.165) is 32.2 Å². The molecule has 1 saturated carbocycles. The van der Waals surface area contributed by atoms with Gasteiger partial charge in [-0.25, -0.2) is 0 Å². The molecule has 3 heteroatoms. The number of rotatable bonds is 4. The lowest BCUT2D eigenvalue weighted by Crippen LogP contribution is -2.49. The highest BCUT2D eigenvalue weighted by Gasteiger charge is 2.41. The Labute approximate surface area is 106 Å². The van der Waals surface area contributed by atoms with Crippen molar-refractivity contribution < 1.29 is 4.74 Å². The Morgan fingerprint density at radius 2 is 1.76 bits per heavy atom.